The molecule has 4 heteroatoms. The fourth-order valence-electron chi connectivity index (χ4n) is 1.74. The number of thioether (sulfide) groups is 1. The Morgan fingerprint density at radius 1 is 1.05 bits per heavy atom. The smallest absolute Gasteiger partial charge is 0.319 e. The first-order valence-corrected chi connectivity index (χ1v) is 7.64. The highest BCUT2D eigenvalue weighted by Crippen LogP contribution is 2.17. The van der Waals surface area contributed by atoms with Gasteiger partial charge in [0.05, 0.1) is 0 Å². The topological polar surface area (TPSA) is 41.1 Å². The Balaban J connectivity index is 1.84. The molecule has 2 N–H and O–H groups in total. The molecule has 0 aromatic heterocycles. The molecule has 0 heterocycles. The van der Waals surface area contributed by atoms with Crippen molar-refractivity contribution < 1.29 is 4.79 Å². The summed E-state index contributed by atoms with van der Waals surface area (Å²) >= 11 is 1.68. The van der Waals surface area contributed by atoms with E-state index in [1.807, 2.05) is 61.7 Å². The van der Waals surface area contributed by atoms with Gasteiger partial charge in [0.1, 0.15) is 0 Å². The highest BCUT2D eigenvalue weighted by atomic mass is 32.2. The Hall–Kier alpha value is -1.94. The number of hydrogen-bond acceptors (Lipinski definition) is 2. The molecule has 0 radical (unpaired) electrons. The van der Waals surface area contributed by atoms with E-state index >= 15 is 0 Å². The minimum Gasteiger partial charge on any atom is -0.334 e. The monoisotopic (exact) mass is 286 g/mol. The minimum atomic E-state index is -0.192. The van der Waals surface area contributed by atoms with Crippen molar-refractivity contribution in [2.75, 3.05) is 11.6 Å². The zero-order valence-corrected chi connectivity index (χ0v) is 12.5. The zero-order valence-electron chi connectivity index (χ0n) is 11.6. The van der Waals surface area contributed by atoms with E-state index in [1.54, 1.807) is 11.8 Å². The van der Waals surface area contributed by atoms with Crippen molar-refractivity contribution in [1.82, 2.24) is 5.32 Å². The van der Waals surface area contributed by atoms with Crippen LogP contribution in [0.5, 0.6) is 0 Å². The molecule has 0 aliphatic heterocycles. The van der Waals surface area contributed by atoms with Crippen molar-refractivity contribution in [3.63, 3.8) is 0 Å². The number of carbonyl (C=O) groups is 1. The lowest BCUT2D eigenvalue weighted by Crippen LogP contribution is -2.28. The first-order chi connectivity index (χ1) is 9.67. The molecule has 0 fully saturated rings. The molecule has 0 saturated carbocycles. The van der Waals surface area contributed by atoms with Crippen LogP contribution in [0.1, 0.15) is 11.1 Å². The van der Waals surface area contributed by atoms with Crippen LogP contribution in [-0.4, -0.2) is 12.3 Å². The van der Waals surface area contributed by atoms with Crippen molar-refractivity contribution in [1.29, 1.82) is 0 Å². The third kappa shape index (κ3) is 4.31. The van der Waals surface area contributed by atoms with Crippen LogP contribution in [-0.2, 0) is 6.54 Å². The Morgan fingerprint density at radius 3 is 2.30 bits per heavy atom. The van der Waals surface area contributed by atoms with Crippen LogP contribution in [0.4, 0.5) is 10.5 Å². The lowest BCUT2D eigenvalue weighted by atomic mass is 10.1. The van der Waals surface area contributed by atoms with E-state index in [2.05, 4.69) is 10.6 Å². The molecule has 2 aromatic rings. The van der Waals surface area contributed by atoms with Gasteiger partial charge in [-0.05, 0) is 43.0 Å². The lowest BCUT2D eigenvalue weighted by Gasteiger charge is -2.08. The molecular formula is C16H18N2OS. The number of rotatable bonds is 4. The van der Waals surface area contributed by atoms with Gasteiger partial charge in [-0.3, -0.25) is 0 Å². The highest BCUT2D eigenvalue weighted by molar-refractivity contribution is 7.98. The van der Waals surface area contributed by atoms with Crippen LogP contribution >= 0.6 is 11.8 Å². The summed E-state index contributed by atoms with van der Waals surface area (Å²) in [4.78, 5) is 13.0. The summed E-state index contributed by atoms with van der Waals surface area (Å²) in [6.07, 6.45) is 2.02. The molecule has 0 aliphatic carbocycles. The van der Waals surface area contributed by atoms with E-state index in [0.717, 1.165) is 11.3 Å². The second-order valence-corrected chi connectivity index (χ2v) is 5.40. The summed E-state index contributed by atoms with van der Waals surface area (Å²) in [7, 11) is 0. The number of amides is 2. The fraction of sp³-hybridized carbons (Fsp3) is 0.188. The van der Waals surface area contributed by atoms with Gasteiger partial charge in [0.25, 0.3) is 0 Å². The van der Waals surface area contributed by atoms with E-state index in [9.17, 15) is 4.79 Å². The number of nitrogens with one attached hydrogen (secondary N) is 2. The average Bonchev–Trinajstić information content (AvgIpc) is 2.47. The van der Waals surface area contributed by atoms with Crippen LogP contribution in [0.3, 0.4) is 0 Å². The molecule has 0 unspecified atom stereocenters. The molecular weight excluding hydrogens is 268 g/mol. The Labute approximate surface area is 123 Å². The molecule has 2 rings (SSSR count). The largest absolute Gasteiger partial charge is 0.334 e. The second-order valence-electron chi connectivity index (χ2n) is 4.52. The molecule has 0 spiro atoms. The third-order valence-electron chi connectivity index (χ3n) is 2.92. The summed E-state index contributed by atoms with van der Waals surface area (Å²) in [5.41, 5.74) is 3.10. The molecule has 0 aliphatic rings. The second kappa shape index (κ2) is 7.01. The number of aryl methyl sites for hydroxylation is 1. The van der Waals surface area contributed by atoms with Crippen LogP contribution in [0.15, 0.2) is 53.4 Å². The van der Waals surface area contributed by atoms with Crippen LogP contribution in [0, 0.1) is 6.92 Å². The summed E-state index contributed by atoms with van der Waals surface area (Å²) < 4.78 is 0. The maximum absolute atomic E-state index is 11.8. The van der Waals surface area contributed by atoms with Gasteiger partial charge in [-0.15, -0.1) is 11.8 Å². The molecule has 20 heavy (non-hydrogen) atoms. The van der Waals surface area contributed by atoms with E-state index in [0.29, 0.717) is 6.54 Å². The lowest BCUT2D eigenvalue weighted by molar-refractivity contribution is 0.251. The molecule has 0 saturated heterocycles. The number of urea groups is 1. The number of benzene rings is 2. The molecule has 2 aromatic carbocycles. The van der Waals surface area contributed by atoms with Crippen LogP contribution < -0.4 is 10.6 Å². The Kier molecular flexibility index (Phi) is 5.07. The fourth-order valence-corrected chi connectivity index (χ4v) is 2.15. The third-order valence-corrected chi connectivity index (χ3v) is 3.67. The van der Waals surface area contributed by atoms with Gasteiger partial charge in [0.15, 0.2) is 0 Å². The molecule has 2 amide bonds. The van der Waals surface area contributed by atoms with Crippen molar-refractivity contribution in [2.24, 2.45) is 0 Å². The minimum absolute atomic E-state index is 0.192. The van der Waals surface area contributed by atoms with E-state index in [4.69, 9.17) is 0 Å². The normalized spacial score (nSPS) is 10.1. The van der Waals surface area contributed by atoms with E-state index in [-0.39, 0.29) is 6.03 Å². The van der Waals surface area contributed by atoms with Crippen molar-refractivity contribution in [3.8, 4) is 0 Å². The standard InChI is InChI=1S/C16H18N2OS/c1-12-3-5-13(6-4-12)11-17-16(19)18-14-7-9-15(20-2)10-8-14/h3-10H,11H2,1-2H3,(H2,17,18,19). The average molecular weight is 286 g/mol. The van der Waals surface area contributed by atoms with Gasteiger partial charge in [-0.1, -0.05) is 29.8 Å². The van der Waals surface area contributed by atoms with Crippen molar-refractivity contribution in [2.45, 2.75) is 18.4 Å². The summed E-state index contributed by atoms with van der Waals surface area (Å²) in [6.45, 7) is 2.57. The number of carbonyl (C=O) groups excluding carboxylic acids is 1. The quantitative estimate of drug-likeness (QED) is 0.833. The molecule has 0 bridgehead atoms. The number of anilines is 1. The predicted octanol–water partition coefficient (Wildman–Crippen LogP) is 4.04. The summed E-state index contributed by atoms with van der Waals surface area (Å²) in [5.74, 6) is 0. The van der Waals surface area contributed by atoms with Crippen LogP contribution in [0.2, 0.25) is 0 Å². The van der Waals surface area contributed by atoms with Gasteiger partial charge in [-0.25, -0.2) is 4.79 Å². The first kappa shape index (κ1) is 14.5. The van der Waals surface area contributed by atoms with E-state index < -0.39 is 0 Å². The summed E-state index contributed by atoms with van der Waals surface area (Å²) in [5, 5.41) is 5.66. The Morgan fingerprint density at radius 2 is 1.70 bits per heavy atom. The zero-order chi connectivity index (χ0) is 14.4. The SMILES string of the molecule is CSc1ccc(NC(=O)NCc2ccc(C)cc2)cc1. The van der Waals surface area contributed by atoms with E-state index in [1.165, 1.54) is 10.5 Å². The molecule has 3 nitrogen and oxygen atoms in total. The van der Waals surface area contributed by atoms with Gasteiger partial charge in [0, 0.05) is 17.1 Å². The van der Waals surface area contributed by atoms with Crippen molar-refractivity contribution >= 4 is 23.5 Å². The van der Waals surface area contributed by atoms with Gasteiger partial charge in [0.2, 0.25) is 0 Å². The maximum atomic E-state index is 11.8. The van der Waals surface area contributed by atoms with Gasteiger partial charge in [-0.2, -0.15) is 0 Å². The predicted molar refractivity (Wildman–Crippen MR) is 85.3 cm³/mol. The van der Waals surface area contributed by atoms with Gasteiger partial charge >= 0.3 is 6.03 Å². The Bertz CT molecular complexity index is 564. The molecule has 104 valence electrons. The number of hydrogen-bond donors (Lipinski definition) is 2. The van der Waals surface area contributed by atoms with Crippen LogP contribution in [0.25, 0.3) is 0 Å². The van der Waals surface area contributed by atoms with Crippen molar-refractivity contribution in [3.05, 3.63) is 59.7 Å². The maximum Gasteiger partial charge on any atom is 0.319 e. The molecule has 0 atom stereocenters. The summed E-state index contributed by atoms with van der Waals surface area (Å²) in [6, 6.07) is 15.7. The highest BCUT2D eigenvalue weighted by Gasteiger charge is 2.01. The van der Waals surface area contributed by atoms with Gasteiger partial charge < -0.3 is 10.6 Å². The first-order valence-electron chi connectivity index (χ1n) is 6.42.